The van der Waals surface area contributed by atoms with Crippen LogP contribution in [0.25, 0.3) is 0 Å². The first-order chi connectivity index (χ1) is 7.69. The van der Waals surface area contributed by atoms with Crippen LogP contribution in [-0.2, 0) is 4.74 Å². The van der Waals surface area contributed by atoms with Crippen molar-refractivity contribution >= 4 is 11.4 Å². The summed E-state index contributed by atoms with van der Waals surface area (Å²) in [4.78, 5) is 10.3. The molecule has 0 unspecified atom stereocenters. The first-order valence-electron chi connectivity index (χ1n) is 4.77. The number of nitro groups is 1. The number of nitrogens with one attached hydrogen (secondary N) is 1. The number of nitrogens with zero attached hydrogens (tertiary/aromatic N) is 1. The molecule has 6 nitrogen and oxygen atoms in total. The van der Waals surface area contributed by atoms with E-state index >= 15 is 0 Å². The molecule has 0 aromatic heterocycles. The molecule has 1 aromatic carbocycles. The van der Waals surface area contributed by atoms with E-state index in [4.69, 9.17) is 9.47 Å². The standard InChI is InChI=1S/C10H14N2O4/c1-11-9-4-3-8(16-6-5-15-2)7-10(9)12(13)14/h3-4,7,11H,5-6H2,1-2H3. The van der Waals surface area contributed by atoms with Gasteiger partial charge in [0, 0.05) is 14.2 Å². The molecular weight excluding hydrogens is 212 g/mol. The van der Waals surface area contributed by atoms with Crippen molar-refractivity contribution in [3.05, 3.63) is 28.3 Å². The van der Waals surface area contributed by atoms with Gasteiger partial charge in [-0.2, -0.15) is 0 Å². The molecule has 0 aliphatic rings. The van der Waals surface area contributed by atoms with Crippen molar-refractivity contribution in [1.82, 2.24) is 0 Å². The van der Waals surface area contributed by atoms with Crippen molar-refractivity contribution in [2.24, 2.45) is 0 Å². The Morgan fingerprint density at radius 1 is 1.44 bits per heavy atom. The maximum atomic E-state index is 10.7. The van der Waals surface area contributed by atoms with Crippen LogP contribution in [0.2, 0.25) is 0 Å². The van der Waals surface area contributed by atoms with E-state index in [0.717, 1.165) is 0 Å². The average molecular weight is 226 g/mol. The fourth-order valence-electron chi connectivity index (χ4n) is 1.21. The van der Waals surface area contributed by atoms with Gasteiger partial charge in [-0.15, -0.1) is 0 Å². The zero-order valence-corrected chi connectivity index (χ0v) is 9.23. The van der Waals surface area contributed by atoms with Crippen LogP contribution in [0.15, 0.2) is 18.2 Å². The van der Waals surface area contributed by atoms with Gasteiger partial charge in [-0.25, -0.2) is 0 Å². The van der Waals surface area contributed by atoms with Gasteiger partial charge >= 0.3 is 0 Å². The maximum Gasteiger partial charge on any atom is 0.296 e. The predicted octanol–water partition coefficient (Wildman–Crippen LogP) is 1.66. The number of ether oxygens (including phenoxy) is 2. The molecule has 1 N–H and O–H groups in total. The maximum absolute atomic E-state index is 10.7. The molecule has 1 aromatic rings. The molecule has 0 aliphatic heterocycles. The van der Waals surface area contributed by atoms with E-state index in [-0.39, 0.29) is 5.69 Å². The van der Waals surface area contributed by atoms with E-state index in [2.05, 4.69) is 5.32 Å². The Morgan fingerprint density at radius 2 is 2.19 bits per heavy atom. The van der Waals surface area contributed by atoms with Crippen LogP contribution in [0.5, 0.6) is 5.75 Å². The van der Waals surface area contributed by atoms with Gasteiger partial charge in [-0.3, -0.25) is 10.1 Å². The average Bonchev–Trinajstić information content (AvgIpc) is 2.29. The van der Waals surface area contributed by atoms with E-state index in [9.17, 15) is 10.1 Å². The van der Waals surface area contributed by atoms with Crippen LogP contribution < -0.4 is 10.1 Å². The number of anilines is 1. The van der Waals surface area contributed by atoms with Gasteiger partial charge in [-0.05, 0) is 12.1 Å². The molecule has 88 valence electrons. The van der Waals surface area contributed by atoms with Gasteiger partial charge in [0.2, 0.25) is 0 Å². The third-order valence-corrected chi connectivity index (χ3v) is 1.99. The van der Waals surface area contributed by atoms with Crippen molar-refractivity contribution in [3.8, 4) is 5.75 Å². The van der Waals surface area contributed by atoms with E-state index in [1.807, 2.05) is 0 Å². The molecule has 0 radical (unpaired) electrons. The quantitative estimate of drug-likeness (QED) is 0.453. The van der Waals surface area contributed by atoms with Crippen molar-refractivity contribution in [3.63, 3.8) is 0 Å². The Balaban J connectivity index is 2.81. The summed E-state index contributed by atoms with van der Waals surface area (Å²) >= 11 is 0. The van der Waals surface area contributed by atoms with Crippen molar-refractivity contribution in [1.29, 1.82) is 0 Å². The summed E-state index contributed by atoms with van der Waals surface area (Å²) in [5.74, 6) is 0.461. The van der Waals surface area contributed by atoms with Gasteiger partial charge in [0.15, 0.2) is 0 Å². The molecule has 0 fully saturated rings. The minimum Gasteiger partial charge on any atom is -0.491 e. The molecule has 0 spiro atoms. The van der Waals surface area contributed by atoms with Crippen molar-refractivity contribution < 1.29 is 14.4 Å². The third-order valence-electron chi connectivity index (χ3n) is 1.99. The van der Waals surface area contributed by atoms with Crippen LogP contribution in [0.1, 0.15) is 0 Å². The molecule has 0 aliphatic carbocycles. The Morgan fingerprint density at radius 3 is 2.75 bits per heavy atom. The normalized spacial score (nSPS) is 9.88. The summed E-state index contributed by atoms with van der Waals surface area (Å²) in [6.45, 7) is 0.814. The lowest BCUT2D eigenvalue weighted by Crippen LogP contribution is -2.05. The zero-order chi connectivity index (χ0) is 12.0. The summed E-state index contributed by atoms with van der Waals surface area (Å²) in [5, 5.41) is 13.5. The highest BCUT2D eigenvalue weighted by molar-refractivity contribution is 5.63. The van der Waals surface area contributed by atoms with Gasteiger partial charge in [-0.1, -0.05) is 0 Å². The number of hydrogen-bond acceptors (Lipinski definition) is 5. The van der Waals surface area contributed by atoms with Crippen LogP contribution in [0, 0.1) is 10.1 Å². The second-order valence-corrected chi connectivity index (χ2v) is 3.03. The minimum atomic E-state index is -0.449. The summed E-state index contributed by atoms with van der Waals surface area (Å²) in [7, 11) is 3.20. The Bertz CT molecular complexity index is 368. The van der Waals surface area contributed by atoms with E-state index < -0.39 is 4.92 Å². The highest BCUT2D eigenvalue weighted by Crippen LogP contribution is 2.28. The van der Waals surface area contributed by atoms with Crippen LogP contribution in [0.4, 0.5) is 11.4 Å². The second kappa shape index (κ2) is 5.92. The molecule has 0 saturated carbocycles. The first-order valence-corrected chi connectivity index (χ1v) is 4.77. The monoisotopic (exact) mass is 226 g/mol. The Labute approximate surface area is 93.3 Å². The summed E-state index contributed by atoms with van der Waals surface area (Å²) in [6, 6.07) is 4.68. The van der Waals surface area contributed by atoms with Crippen molar-refractivity contribution in [2.75, 3.05) is 32.7 Å². The molecular formula is C10H14N2O4. The first kappa shape index (κ1) is 12.3. The number of methoxy groups -OCH3 is 1. The molecule has 6 heteroatoms. The summed E-state index contributed by atoms with van der Waals surface area (Å²) in [5.41, 5.74) is 0.460. The SMILES string of the molecule is CNc1ccc(OCCOC)cc1[N+](=O)[O-]. The number of nitro benzene ring substituents is 1. The molecule has 0 atom stereocenters. The molecule has 1 rings (SSSR count). The smallest absolute Gasteiger partial charge is 0.296 e. The van der Waals surface area contributed by atoms with Crippen LogP contribution in [0.3, 0.4) is 0 Å². The van der Waals surface area contributed by atoms with Gasteiger partial charge < -0.3 is 14.8 Å². The Hall–Kier alpha value is -1.82. The fourth-order valence-corrected chi connectivity index (χ4v) is 1.21. The fraction of sp³-hybridized carbons (Fsp3) is 0.400. The van der Waals surface area contributed by atoms with Gasteiger partial charge in [0.25, 0.3) is 5.69 Å². The lowest BCUT2D eigenvalue weighted by molar-refractivity contribution is -0.384. The second-order valence-electron chi connectivity index (χ2n) is 3.03. The molecule has 0 saturated heterocycles. The van der Waals surface area contributed by atoms with Crippen LogP contribution >= 0.6 is 0 Å². The molecule has 0 bridgehead atoms. The van der Waals surface area contributed by atoms with E-state index in [1.54, 1.807) is 26.3 Å². The third kappa shape index (κ3) is 3.09. The van der Waals surface area contributed by atoms with E-state index in [1.165, 1.54) is 6.07 Å². The highest BCUT2D eigenvalue weighted by atomic mass is 16.6. The van der Waals surface area contributed by atoms with Gasteiger partial charge in [0.1, 0.15) is 18.0 Å². The summed E-state index contributed by atoms with van der Waals surface area (Å²) in [6.07, 6.45) is 0. The lowest BCUT2D eigenvalue weighted by atomic mass is 10.2. The topological polar surface area (TPSA) is 73.6 Å². The predicted molar refractivity (Wildman–Crippen MR) is 60.0 cm³/mol. The lowest BCUT2D eigenvalue weighted by Gasteiger charge is -2.07. The van der Waals surface area contributed by atoms with E-state index in [0.29, 0.717) is 24.7 Å². The Kier molecular flexibility index (Phi) is 4.53. The van der Waals surface area contributed by atoms with Crippen LogP contribution in [-0.4, -0.2) is 32.3 Å². The highest BCUT2D eigenvalue weighted by Gasteiger charge is 2.13. The number of hydrogen-bond donors (Lipinski definition) is 1. The largest absolute Gasteiger partial charge is 0.491 e. The van der Waals surface area contributed by atoms with Crippen molar-refractivity contribution in [2.45, 2.75) is 0 Å². The zero-order valence-electron chi connectivity index (χ0n) is 9.23. The summed E-state index contributed by atoms with van der Waals surface area (Å²) < 4.78 is 10.1. The number of rotatable bonds is 6. The minimum absolute atomic E-state index is 0.00239. The van der Waals surface area contributed by atoms with Gasteiger partial charge in [0.05, 0.1) is 17.6 Å². The molecule has 16 heavy (non-hydrogen) atoms. The number of benzene rings is 1. The molecule has 0 amide bonds. The molecule has 0 heterocycles.